The molecule has 15 heteroatoms. The van der Waals surface area contributed by atoms with Crippen LogP contribution in [0.5, 0.6) is 0 Å². The Labute approximate surface area is 370 Å². The fraction of sp³-hybridized carbons (Fsp3) is 0.312. The second kappa shape index (κ2) is 19.7. The topological polar surface area (TPSA) is 197 Å². The molecule has 0 radical (unpaired) electrons. The third-order valence-electron chi connectivity index (χ3n) is 11.5. The highest BCUT2D eigenvalue weighted by Gasteiger charge is 2.56. The number of carbonyl (C=O) groups excluding carboxylic acids is 1. The van der Waals surface area contributed by atoms with Crippen molar-refractivity contribution in [2.75, 3.05) is 13.2 Å². The molecule has 9 atom stereocenters. The second-order valence-corrected chi connectivity index (χ2v) is 18.1. The van der Waals surface area contributed by atoms with E-state index in [-0.39, 0.29) is 22.8 Å². The number of hydrogen-bond acceptors (Lipinski definition) is 13. The first kappa shape index (κ1) is 46.4. The predicted octanol–water partition coefficient (Wildman–Crippen LogP) is 5.19. The van der Waals surface area contributed by atoms with Gasteiger partial charge in [-0.1, -0.05) is 48.5 Å². The third kappa shape index (κ3) is 10.1. The van der Waals surface area contributed by atoms with Crippen LogP contribution in [0.2, 0.25) is 0 Å². The molecule has 4 aromatic carbocycles. The molecule has 63 heavy (non-hydrogen) atoms. The zero-order valence-electron chi connectivity index (χ0n) is 34.2. The van der Waals surface area contributed by atoms with Crippen LogP contribution < -0.4 is 0 Å². The smallest absolute Gasteiger partial charge is 0.225 e. The summed E-state index contributed by atoms with van der Waals surface area (Å²) >= 11 is 2.99. The van der Waals surface area contributed by atoms with Crippen molar-refractivity contribution >= 4 is 28.5 Å². The van der Waals surface area contributed by atoms with E-state index in [4.69, 9.17) is 9.47 Å². The molecule has 2 aromatic heterocycles. The third-order valence-corrected chi connectivity index (χ3v) is 13.7. The molecule has 1 aliphatic rings. The molecule has 11 nitrogen and oxygen atoms in total. The van der Waals surface area contributed by atoms with Crippen LogP contribution in [-0.4, -0.2) is 109 Å². The van der Waals surface area contributed by atoms with Gasteiger partial charge in [0.25, 0.3) is 0 Å². The molecular formula is C48H48F2O11S2. The molecule has 0 spiro atoms. The Morgan fingerprint density at radius 2 is 1.22 bits per heavy atom. The summed E-state index contributed by atoms with van der Waals surface area (Å²) < 4.78 is 39.0. The molecule has 0 amide bonds. The SMILES string of the molecule is Cc1ccc(C(=O)[C@H](O)[C@@H](O)[C@H](O)[C@H](O)CO[C@@]2(c3ccc(C)c(Cc4ccc(-c5ccc(F)cc5)s4)c3)OC(CO)C(O)C(O)C2O)cc1Cc1ccc(-c2ccc(F)cc2)s1. The Morgan fingerprint density at radius 3 is 1.76 bits per heavy atom. The maximum absolute atomic E-state index is 13.5. The molecule has 332 valence electrons. The van der Waals surface area contributed by atoms with Crippen LogP contribution in [0.1, 0.15) is 47.9 Å². The summed E-state index contributed by atoms with van der Waals surface area (Å²) in [5.41, 5.74) is 5.04. The summed E-state index contributed by atoms with van der Waals surface area (Å²) in [6.45, 7) is 2.01. The Bertz CT molecular complexity index is 2510. The number of benzene rings is 4. The molecule has 6 aromatic rings. The summed E-state index contributed by atoms with van der Waals surface area (Å²) in [7, 11) is 0. The lowest BCUT2D eigenvalue weighted by Gasteiger charge is -2.48. The average Bonchev–Trinajstić information content (AvgIpc) is 3.96. The molecule has 8 N–H and O–H groups in total. The monoisotopic (exact) mass is 902 g/mol. The van der Waals surface area contributed by atoms with Gasteiger partial charge >= 0.3 is 0 Å². The van der Waals surface area contributed by atoms with Crippen molar-refractivity contribution in [1.82, 2.24) is 0 Å². The van der Waals surface area contributed by atoms with Gasteiger partial charge in [-0.25, -0.2) is 8.78 Å². The first-order chi connectivity index (χ1) is 30.1. The lowest BCUT2D eigenvalue weighted by molar-refractivity contribution is -0.378. The number of aryl methyl sites for hydroxylation is 2. The van der Waals surface area contributed by atoms with Gasteiger partial charge in [0.2, 0.25) is 5.79 Å². The fourth-order valence-electron chi connectivity index (χ4n) is 7.58. The lowest BCUT2D eigenvalue weighted by Crippen LogP contribution is -2.65. The number of rotatable bonds is 16. The van der Waals surface area contributed by atoms with Crippen LogP contribution in [0.25, 0.3) is 20.9 Å². The molecule has 3 heterocycles. The van der Waals surface area contributed by atoms with Gasteiger partial charge in [-0.3, -0.25) is 4.79 Å². The van der Waals surface area contributed by atoms with Gasteiger partial charge in [-0.05, 0) is 108 Å². The minimum Gasteiger partial charge on any atom is -0.394 e. The van der Waals surface area contributed by atoms with Crippen LogP contribution in [0.15, 0.2) is 109 Å². The number of aliphatic hydroxyl groups excluding tert-OH is 8. The van der Waals surface area contributed by atoms with Crippen molar-refractivity contribution in [1.29, 1.82) is 0 Å². The minimum atomic E-state index is -2.36. The number of carbonyl (C=O) groups is 1. The summed E-state index contributed by atoms with van der Waals surface area (Å²) in [5.74, 6) is -3.97. The Balaban J connectivity index is 1.07. The van der Waals surface area contributed by atoms with E-state index in [0.29, 0.717) is 12.8 Å². The normalized spacial score (nSPS) is 22.1. The van der Waals surface area contributed by atoms with E-state index in [2.05, 4.69) is 0 Å². The number of halogens is 2. The van der Waals surface area contributed by atoms with Crippen molar-refractivity contribution in [3.05, 3.63) is 164 Å². The molecule has 1 fully saturated rings. The quantitative estimate of drug-likeness (QED) is 0.0596. The summed E-state index contributed by atoms with van der Waals surface area (Å²) in [4.78, 5) is 17.3. The largest absolute Gasteiger partial charge is 0.394 e. The number of aliphatic hydroxyl groups is 8. The van der Waals surface area contributed by atoms with Crippen molar-refractivity contribution in [3.8, 4) is 20.9 Å². The van der Waals surface area contributed by atoms with E-state index in [1.54, 1.807) is 48.5 Å². The van der Waals surface area contributed by atoms with Gasteiger partial charge < -0.3 is 50.3 Å². The Kier molecular flexibility index (Phi) is 14.5. The van der Waals surface area contributed by atoms with Crippen molar-refractivity contribution in [3.63, 3.8) is 0 Å². The van der Waals surface area contributed by atoms with E-state index in [1.165, 1.54) is 59.1 Å². The fourth-order valence-corrected chi connectivity index (χ4v) is 9.66. The van der Waals surface area contributed by atoms with Gasteiger partial charge in [-0.15, -0.1) is 22.7 Å². The predicted molar refractivity (Wildman–Crippen MR) is 233 cm³/mol. The molecular weight excluding hydrogens is 855 g/mol. The highest BCUT2D eigenvalue weighted by molar-refractivity contribution is 7.15. The first-order valence-corrected chi connectivity index (χ1v) is 21.8. The number of hydrogen-bond donors (Lipinski definition) is 8. The van der Waals surface area contributed by atoms with Crippen molar-refractivity contribution in [2.24, 2.45) is 0 Å². The maximum Gasteiger partial charge on any atom is 0.225 e. The van der Waals surface area contributed by atoms with Gasteiger partial charge in [0.1, 0.15) is 60.5 Å². The molecule has 1 saturated heterocycles. The maximum atomic E-state index is 13.5. The average molecular weight is 903 g/mol. The zero-order chi connectivity index (χ0) is 45.2. The standard InChI is InChI=1S/C48H48F2O11S2/c1-25-3-5-29(19-30(25)21-35-15-17-39(62-35)27-6-11-33(49)12-7-27)41(53)44(56)45(57)42(54)37(52)24-60-48(47(59)46(58)43(55)38(23-51)61-48)32-10-4-26(2)31(20-32)22-36-16-18-40(63-36)28-8-13-34(50)14-9-28/h3-20,37-38,42-47,51-52,54-59H,21-24H2,1-2H3/t37-,38?,42-,43?,44+,45+,46?,47?,48+/m1/s1. The minimum absolute atomic E-state index is 0.0417. The Hall–Kier alpha value is -4.59. The van der Waals surface area contributed by atoms with Gasteiger partial charge in [0.05, 0.1) is 13.2 Å². The second-order valence-electron chi connectivity index (χ2n) is 15.8. The Morgan fingerprint density at radius 1 is 0.698 bits per heavy atom. The highest BCUT2D eigenvalue weighted by atomic mass is 32.1. The van der Waals surface area contributed by atoms with Gasteiger partial charge in [-0.2, -0.15) is 0 Å². The molecule has 0 saturated carbocycles. The molecule has 7 rings (SSSR count). The first-order valence-electron chi connectivity index (χ1n) is 20.2. The number of Topliss-reactive ketones (excluding diaryl/α,β-unsaturated/α-hetero) is 1. The van der Waals surface area contributed by atoms with E-state index in [9.17, 15) is 54.4 Å². The van der Waals surface area contributed by atoms with E-state index < -0.39 is 73.6 Å². The summed E-state index contributed by atoms with van der Waals surface area (Å²) in [5, 5.41) is 87.5. The van der Waals surface area contributed by atoms with Crippen LogP contribution >= 0.6 is 22.7 Å². The van der Waals surface area contributed by atoms with Crippen LogP contribution in [0.3, 0.4) is 0 Å². The lowest BCUT2D eigenvalue weighted by atomic mass is 9.86. The van der Waals surface area contributed by atoms with Gasteiger partial charge in [0, 0.05) is 43.5 Å². The van der Waals surface area contributed by atoms with Crippen molar-refractivity contribution in [2.45, 2.75) is 81.3 Å². The number of thiophene rings is 2. The summed E-state index contributed by atoms with van der Waals surface area (Å²) in [6.07, 6.45) is -15.0. The zero-order valence-corrected chi connectivity index (χ0v) is 35.8. The molecule has 1 aliphatic heterocycles. The van der Waals surface area contributed by atoms with Crippen molar-refractivity contribution < 1.29 is 63.9 Å². The molecule has 0 aliphatic carbocycles. The number of ketones is 1. The number of ether oxygens (including phenoxy) is 2. The van der Waals surface area contributed by atoms with Crippen LogP contribution in [0.4, 0.5) is 8.78 Å². The van der Waals surface area contributed by atoms with Gasteiger partial charge in [0.15, 0.2) is 5.78 Å². The van der Waals surface area contributed by atoms with E-state index in [1.807, 2.05) is 38.1 Å². The van der Waals surface area contributed by atoms with Crippen LogP contribution in [-0.2, 0) is 28.1 Å². The molecule has 0 bridgehead atoms. The molecule has 4 unspecified atom stereocenters. The highest BCUT2D eigenvalue weighted by Crippen LogP contribution is 2.41. The van der Waals surface area contributed by atoms with E-state index >= 15 is 0 Å². The van der Waals surface area contributed by atoms with Crippen LogP contribution in [0, 0.1) is 25.5 Å². The van der Waals surface area contributed by atoms with E-state index in [0.717, 1.165) is 52.9 Å². The summed E-state index contributed by atoms with van der Waals surface area (Å²) in [6, 6.07) is 29.6.